The zero-order chi connectivity index (χ0) is 18.1. The van der Waals surface area contributed by atoms with E-state index in [-0.39, 0.29) is 16.5 Å². The summed E-state index contributed by atoms with van der Waals surface area (Å²) in [5.41, 5.74) is 0.593. The number of hydrogen-bond donors (Lipinski definition) is 1. The molecule has 4 rings (SSSR count). The predicted octanol–water partition coefficient (Wildman–Crippen LogP) is 4.17. The van der Waals surface area contributed by atoms with Crippen molar-refractivity contribution in [1.82, 2.24) is 10.2 Å². The Balaban J connectivity index is 1.97. The molecule has 0 spiro atoms. The van der Waals surface area contributed by atoms with Crippen molar-refractivity contribution in [2.45, 2.75) is 9.92 Å². The van der Waals surface area contributed by atoms with Crippen molar-refractivity contribution < 1.29 is 13.2 Å². The first-order valence-corrected chi connectivity index (χ1v) is 10.0. The molecule has 0 saturated carbocycles. The van der Waals surface area contributed by atoms with Crippen LogP contribution in [0.1, 0.15) is 0 Å². The molecule has 0 aliphatic heterocycles. The van der Waals surface area contributed by atoms with Gasteiger partial charge in [-0.25, -0.2) is 8.42 Å². The monoisotopic (exact) mass is 386 g/mol. The topological polar surface area (TPSA) is 72.0 Å². The molecule has 0 aliphatic carbocycles. The van der Waals surface area contributed by atoms with Crippen LogP contribution in [0.25, 0.3) is 21.7 Å². The summed E-state index contributed by atoms with van der Waals surface area (Å²) >= 11 is 5.70. The van der Waals surface area contributed by atoms with Crippen LogP contribution in [0.4, 0.5) is 0 Å². The maximum Gasteiger partial charge on any atom is 0.227 e. The van der Waals surface area contributed by atoms with E-state index < -0.39 is 9.84 Å². The Hall–Kier alpha value is -2.57. The highest BCUT2D eigenvalue weighted by Gasteiger charge is 2.27. The summed E-state index contributed by atoms with van der Waals surface area (Å²) in [6.07, 6.45) is 0. The van der Waals surface area contributed by atoms with E-state index in [2.05, 4.69) is 10.2 Å². The Morgan fingerprint density at radius 3 is 2.62 bits per heavy atom. The van der Waals surface area contributed by atoms with Gasteiger partial charge < -0.3 is 4.74 Å². The first-order valence-electron chi connectivity index (χ1n) is 8.01. The largest absolute Gasteiger partial charge is 0.492 e. The number of alkyl halides is 1. The van der Waals surface area contributed by atoms with Crippen LogP contribution in [0.2, 0.25) is 0 Å². The van der Waals surface area contributed by atoms with Crippen LogP contribution in [-0.4, -0.2) is 31.1 Å². The minimum Gasteiger partial charge on any atom is -0.492 e. The van der Waals surface area contributed by atoms with Crippen LogP contribution in [-0.2, 0) is 9.84 Å². The van der Waals surface area contributed by atoms with Gasteiger partial charge in [0, 0.05) is 5.39 Å². The fourth-order valence-electron chi connectivity index (χ4n) is 3.01. The molecule has 132 valence electrons. The van der Waals surface area contributed by atoms with Crippen LogP contribution in [0.3, 0.4) is 0 Å². The lowest BCUT2D eigenvalue weighted by molar-refractivity contribution is 0.346. The summed E-state index contributed by atoms with van der Waals surface area (Å²) < 4.78 is 32.4. The molecule has 0 fully saturated rings. The molecule has 3 aromatic carbocycles. The predicted molar refractivity (Wildman–Crippen MR) is 102 cm³/mol. The van der Waals surface area contributed by atoms with Crippen LogP contribution < -0.4 is 4.74 Å². The number of rotatable bonds is 5. The van der Waals surface area contributed by atoms with E-state index >= 15 is 0 Å². The molecule has 0 radical (unpaired) electrons. The van der Waals surface area contributed by atoms with Gasteiger partial charge in [0.1, 0.15) is 12.4 Å². The fraction of sp³-hybridized carbons (Fsp3) is 0.105. The standard InChI is InChI=1S/C19H15ClN2O3S/c20-11-12-25-16-9-4-8-15-18(16)19(22-21-15)26(23,24)17-10-3-6-13-5-1-2-7-14(13)17/h1-10H,11-12H2,(H,21,22). The summed E-state index contributed by atoms with van der Waals surface area (Å²) in [4.78, 5) is 0.219. The van der Waals surface area contributed by atoms with Crippen molar-refractivity contribution in [2.24, 2.45) is 0 Å². The Kier molecular flexibility index (Phi) is 4.30. The maximum absolute atomic E-state index is 13.4. The van der Waals surface area contributed by atoms with E-state index in [0.29, 0.717) is 27.9 Å². The van der Waals surface area contributed by atoms with E-state index in [4.69, 9.17) is 16.3 Å². The number of halogens is 1. The van der Waals surface area contributed by atoms with Gasteiger partial charge >= 0.3 is 0 Å². The lowest BCUT2D eigenvalue weighted by Crippen LogP contribution is -2.05. The average molecular weight is 387 g/mol. The first kappa shape index (κ1) is 16.9. The van der Waals surface area contributed by atoms with Crippen molar-refractivity contribution in [2.75, 3.05) is 12.5 Å². The highest BCUT2D eigenvalue weighted by molar-refractivity contribution is 7.91. The zero-order valence-corrected chi connectivity index (χ0v) is 15.2. The molecule has 1 heterocycles. The molecule has 0 unspecified atom stereocenters. The SMILES string of the molecule is O=S(=O)(c1cccc2ccccc12)c1n[nH]c2cccc(OCCCl)c12. The van der Waals surface area contributed by atoms with Crippen molar-refractivity contribution in [3.8, 4) is 5.75 Å². The van der Waals surface area contributed by atoms with E-state index in [0.717, 1.165) is 5.39 Å². The third-order valence-corrected chi connectivity index (χ3v) is 6.04. The van der Waals surface area contributed by atoms with Crippen LogP contribution in [0, 0.1) is 0 Å². The normalized spacial score (nSPS) is 11.9. The van der Waals surface area contributed by atoms with Gasteiger partial charge in [-0.05, 0) is 23.6 Å². The number of sulfone groups is 1. The van der Waals surface area contributed by atoms with Crippen molar-refractivity contribution in [3.05, 3.63) is 60.7 Å². The molecule has 1 aromatic heterocycles. The number of ether oxygens (including phenoxy) is 1. The quantitative estimate of drug-likeness (QED) is 0.522. The Bertz CT molecular complexity index is 1200. The number of fused-ring (bicyclic) bond motifs is 2. The molecule has 1 N–H and O–H groups in total. The number of nitrogens with one attached hydrogen (secondary N) is 1. The number of hydrogen-bond acceptors (Lipinski definition) is 4. The smallest absolute Gasteiger partial charge is 0.227 e. The van der Waals surface area contributed by atoms with Gasteiger partial charge in [-0.2, -0.15) is 5.10 Å². The van der Waals surface area contributed by atoms with Crippen LogP contribution >= 0.6 is 11.6 Å². The molecule has 5 nitrogen and oxygen atoms in total. The Morgan fingerprint density at radius 2 is 1.77 bits per heavy atom. The van der Waals surface area contributed by atoms with Crippen molar-refractivity contribution >= 4 is 43.1 Å². The van der Waals surface area contributed by atoms with Crippen LogP contribution in [0.5, 0.6) is 5.75 Å². The maximum atomic E-state index is 13.4. The Labute approximate surface area is 155 Å². The molecule has 0 amide bonds. The van der Waals surface area contributed by atoms with Gasteiger partial charge in [0.25, 0.3) is 0 Å². The van der Waals surface area contributed by atoms with E-state index in [1.54, 1.807) is 36.4 Å². The highest BCUT2D eigenvalue weighted by Crippen LogP contribution is 2.35. The second-order valence-electron chi connectivity index (χ2n) is 5.73. The zero-order valence-electron chi connectivity index (χ0n) is 13.6. The third kappa shape index (κ3) is 2.71. The number of aromatic amines is 1. The summed E-state index contributed by atoms with van der Waals surface area (Å²) in [5, 5.41) is 8.78. The highest BCUT2D eigenvalue weighted by atomic mass is 35.5. The summed E-state index contributed by atoms with van der Waals surface area (Å²) in [6, 6.07) is 17.8. The lowest BCUT2D eigenvalue weighted by atomic mass is 10.1. The van der Waals surface area contributed by atoms with Crippen molar-refractivity contribution in [3.63, 3.8) is 0 Å². The van der Waals surface area contributed by atoms with Gasteiger partial charge in [-0.1, -0.05) is 42.5 Å². The molecule has 26 heavy (non-hydrogen) atoms. The van der Waals surface area contributed by atoms with Crippen molar-refractivity contribution in [1.29, 1.82) is 0 Å². The van der Waals surface area contributed by atoms with Gasteiger partial charge in [0.2, 0.25) is 9.84 Å². The summed E-state index contributed by atoms with van der Waals surface area (Å²) in [7, 11) is -3.85. The second kappa shape index (κ2) is 6.63. The van der Waals surface area contributed by atoms with Gasteiger partial charge in [-0.15, -0.1) is 11.6 Å². The van der Waals surface area contributed by atoms with E-state index in [9.17, 15) is 8.42 Å². The van der Waals surface area contributed by atoms with Gasteiger partial charge in [0.05, 0.1) is 21.7 Å². The molecule has 0 atom stereocenters. The number of H-pyrrole nitrogens is 1. The van der Waals surface area contributed by atoms with Crippen LogP contribution in [0.15, 0.2) is 70.6 Å². The molecule has 4 aromatic rings. The van der Waals surface area contributed by atoms with E-state index in [1.165, 1.54) is 0 Å². The lowest BCUT2D eigenvalue weighted by Gasteiger charge is -2.09. The second-order valence-corrected chi connectivity index (χ2v) is 7.94. The van der Waals surface area contributed by atoms with E-state index in [1.807, 2.05) is 24.3 Å². The molecular weight excluding hydrogens is 372 g/mol. The minimum atomic E-state index is -3.85. The number of nitrogens with zero attached hydrogens (tertiary/aromatic N) is 1. The van der Waals surface area contributed by atoms with Gasteiger partial charge in [0.15, 0.2) is 5.03 Å². The average Bonchev–Trinajstić information content (AvgIpc) is 3.11. The fourth-order valence-corrected chi connectivity index (χ4v) is 4.67. The summed E-state index contributed by atoms with van der Waals surface area (Å²) in [6.45, 7) is 0.277. The molecule has 0 saturated heterocycles. The minimum absolute atomic E-state index is 0.0472. The first-order chi connectivity index (χ1) is 12.6. The number of benzene rings is 3. The number of aromatic nitrogens is 2. The molecule has 0 aliphatic rings. The molecule has 0 bridgehead atoms. The summed E-state index contributed by atoms with van der Waals surface area (Å²) in [5.74, 6) is 0.746. The molecule has 7 heteroatoms. The molecular formula is C19H15ClN2O3S. The van der Waals surface area contributed by atoms with Gasteiger partial charge in [-0.3, -0.25) is 5.10 Å². The Morgan fingerprint density at radius 1 is 1.00 bits per heavy atom. The third-order valence-electron chi connectivity index (χ3n) is 4.15.